The molecule has 0 saturated heterocycles. The Hall–Kier alpha value is -1.26. The minimum Gasteiger partial charge on any atom is -0.493 e. The Morgan fingerprint density at radius 1 is 1.59 bits per heavy atom. The molecular formula is C12H17ClN2O2. The summed E-state index contributed by atoms with van der Waals surface area (Å²) < 4.78 is 5.39. The first kappa shape index (κ1) is 13.8. The molecule has 0 aromatic heterocycles. The van der Waals surface area contributed by atoms with Crippen molar-refractivity contribution in [3.05, 3.63) is 23.8 Å². The van der Waals surface area contributed by atoms with E-state index in [0.717, 1.165) is 30.0 Å². The lowest BCUT2D eigenvalue weighted by atomic mass is 10.1. The fraction of sp³-hybridized carbons (Fsp3) is 0.417. The van der Waals surface area contributed by atoms with Crippen LogP contribution in [0.15, 0.2) is 18.2 Å². The van der Waals surface area contributed by atoms with Crippen LogP contribution in [0.2, 0.25) is 0 Å². The highest BCUT2D eigenvalue weighted by Crippen LogP contribution is 2.27. The molecule has 1 aromatic carbocycles. The first-order valence-electron chi connectivity index (χ1n) is 5.46. The largest absolute Gasteiger partial charge is 0.493 e. The average molecular weight is 257 g/mol. The van der Waals surface area contributed by atoms with Gasteiger partial charge in [0.15, 0.2) is 0 Å². The quantitative estimate of drug-likeness (QED) is 0.866. The number of anilines is 1. The number of carbonyl (C=O) groups is 1. The molecule has 5 heteroatoms. The number of amides is 1. The summed E-state index contributed by atoms with van der Waals surface area (Å²) in [7, 11) is 0. The number of halogens is 1. The molecule has 0 spiro atoms. The first-order valence-corrected chi connectivity index (χ1v) is 5.46. The zero-order valence-corrected chi connectivity index (χ0v) is 10.5. The highest BCUT2D eigenvalue weighted by atomic mass is 35.5. The van der Waals surface area contributed by atoms with Crippen molar-refractivity contribution in [2.45, 2.75) is 25.8 Å². The van der Waals surface area contributed by atoms with Gasteiger partial charge in [-0.2, -0.15) is 0 Å². The van der Waals surface area contributed by atoms with Crippen LogP contribution < -0.4 is 15.8 Å². The van der Waals surface area contributed by atoms with Crippen molar-refractivity contribution >= 4 is 24.0 Å². The molecule has 3 N–H and O–H groups in total. The molecule has 17 heavy (non-hydrogen) atoms. The van der Waals surface area contributed by atoms with Gasteiger partial charge in [0, 0.05) is 24.6 Å². The van der Waals surface area contributed by atoms with E-state index in [9.17, 15) is 4.79 Å². The van der Waals surface area contributed by atoms with Crippen LogP contribution in [0.25, 0.3) is 0 Å². The molecule has 0 bridgehead atoms. The van der Waals surface area contributed by atoms with E-state index in [1.54, 1.807) is 0 Å². The van der Waals surface area contributed by atoms with Crippen molar-refractivity contribution in [3.8, 4) is 5.75 Å². The van der Waals surface area contributed by atoms with E-state index in [0.29, 0.717) is 6.42 Å². The number of hydrogen-bond donors (Lipinski definition) is 2. The van der Waals surface area contributed by atoms with Gasteiger partial charge in [0.25, 0.3) is 0 Å². The van der Waals surface area contributed by atoms with E-state index >= 15 is 0 Å². The van der Waals surface area contributed by atoms with Crippen LogP contribution in [0.5, 0.6) is 5.75 Å². The third kappa shape index (κ3) is 3.61. The SMILES string of the molecule is CC(N)CC(=O)Nc1ccc2c(c1)CCO2.Cl. The predicted octanol–water partition coefficient (Wildman–Crippen LogP) is 1.72. The van der Waals surface area contributed by atoms with Crippen molar-refractivity contribution in [1.82, 2.24) is 0 Å². The van der Waals surface area contributed by atoms with Gasteiger partial charge in [-0.15, -0.1) is 12.4 Å². The summed E-state index contributed by atoms with van der Waals surface area (Å²) in [6.45, 7) is 2.54. The third-order valence-electron chi connectivity index (χ3n) is 2.48. The maximum atomic E-state index is 11.5. The summed E-state index contributed by atoms with van der Waals surface area (Å²) in [5.74, 6) is 0.874. The van der Waals surface area contributed by atoms with Gasteiger partial charge < -0.3 is 15.8 Å². The molecule has 1 aromatic rings. The van der Waals surface area contributed by atoms with Gasteiger partial charge in [-0.25, -0.2) is 0 Å². The van der Waals surface area contributed by atoms with Gasteiger partial charge in [-0.1, -0.05) is 0 Å². The van der Waals surface area contributed by atoms with Crippen molar-refractivity contribution in [3.63, 3.8) is 0 Å². The van der Waals surface area contributed by atoms with Gasteiger partial charge in [0.05, 0.1) is 6.61 Å². The smallest absolute Gasteiger partial charge is 0.225 e. The van der Waals surface area contributed by atoms with Crippen molar-refractivity contribution in [2.24, 2.45) is 5.73 Å². The Balaban J connectivity index is 0.00000144. The van der Waals surface area contributed by atoms with Crippen LogP contribution in [0.1, 0.15) is 18.9 Å². The van der Waals surface area contributed by atoms with E-state index in [-0.39, 0.29) is 24.4 Å². The first-order chi connectivity index (χ1) is 7.65. The lowest BCUT2D eigenvalue weighted by Crippen LogP contribution is -2.23. The Bertz CT molecular complexity index is 407. The molecule has 1 atom stereocenters. The van der Waals surface area contributed by atoms with Gasteiger partial charge in [0.2, 0.25) is 5.91 Å². The van der Waals surface area contributed by atoms with Gasteiger partial charge in [-0.3, -0.25) is 4.79 Å². The number of rotatable bonds is 3. The van der Waals surface area contributed by atoms with Crippen molar-refractivity contribution < 1.29 is 9.53 Å². The second-order valence-corrected chi connectivity index (χ2v) is 4.15. The minimum absolute atomic E-state index is 0. The molecule has 1 unspecified atom stereocenters. The number of benzene rings is 1. The molecular weight excluding hydrogens is 240 g/mol. The van der Waals surface area contributed by atoms with Gasteiger partial charge in [-0.05, 0) is 30.7 Å². The summed E-state index contributed by atoms with van der Waals surface area (Å²) in [5.41, 5.74) is 7.52. The van der Waals surface area contributed by atoms with Crippen LogP contribution in [0.4, 0.5) is 5.69 Å². The van der Waals surface area contributed by atoms with Crippen molar-refractivity contribution in [1.29, 1.82) is 0 Å². The van der Waals surface area contributed by atoms with Crippen LogP contribution in [-0.4, -0.2) is 18.6 Å². The van der Waals surface area contributed by atoms with E-state index in [2.05, 4.69) is 5.32 Å². The standard InChI is InChI=1S/C12H16N2O2.ClH/c1-8(13)6-12(15)14-10-2-3-11-9(7-10)4-5-16-11;/h2-3,7-8H,4-6,13H2,1H3,(H,14,15);1H. The molecule has 2 rings (SSSR count). The predicted molar refractivity (Wildman–Crippen MR) is 69.8 cm³/mol. The molecule has 1 amide bonds. The lowest BCUT2D eigenvalue weighted by molar-refractivity contribution is -0.116. The van der Waals surface area contributed by atoms with E-state index in [1.165, 1.54) is 0 Å². The maximum absolute atomic E-state index is 11.5. The number of fused-ring (bicyclic) bond motifs is 1. The summed E-state index contributed by atoms with van der Waals surface area (Å²) in [4.78, 5) is 11.5. The van der Waals surface area contributed by atoms with E-state index < -0.39 is 0 Å². The second-order valence-electron chi connectivity index (χ2n) is 4.15. The molecule has 1 aliphatic rings. The monoisotopic (exact) mass is 256 g/mol. The van der Waals surface area contributed by atoms with E-state index in [4.69, 9.17) is 10.5 Å². The highest BCUT2D eigenvalue weighted by Gasteiger charge is 2.13. The fourth-order valence-electron chi connectivity index (χ4n) is 1.77. The Morgan fingerprint density at radius 3 is 3.06 bits per heavy atom. The molecule has 1 aliphatic heterocycles. The van der Waals surface area contributed by atoms with E-state index in [1.807, 2.05) is 25.1 Å². The Labute approximate surface area is 107 Å². The Kier molecular flexibility index (Phi) is 4.78. The number of nitrogens with two attached hydrogens (primary N) is 1. The topological polar surface area (TPSA) is 64.4 Å². The number of carbonyl (C=O) groups excluding carboxylic acids is 1. The van der Waals surface area contributed by atoms with Gasteiger partial charge in [0.1, 0.15) is 5.75 Å². The highest BCUT2D eigenvalue weighted by molar-refractivity contribution is 5.91. The van der Waals surface area contributed by atoms with Crippen LogP contribution in [-0.2, 0) is 11.2 Å². The molecule has 0 fully saturated rings. The molecule has 94 valence electrons. The third-order valence-corrected chi connectivity index (χ3v) is 2.48. The van der Waals surface area contributed by atoms with Crippen LogP contribution in [0, 0.1) is 0 Å². The molecule has 0 saturated carbocycles. The summed E-state index contributed by atoms with van der Waals surface area (Å²) in [5, 5.41) is 2.83. The zero-order chi connectivity index (χ0) is 11.5. The molecule has 0 aliphatic carbocycles. The number of ether oxygens (including phenoxy) is 1. The summed E-state index contributed by atoms with van der Waals surface area (Å²) in [6.07, 6.45) is 1.25. The summed E-state index contributed by atoms with van der Waals surface area (Å²) in [6, 6.07) is 5.59. The normalized spacial score (nSPS) is 14.2. The van der Waals surface area contributed by atoms with Crippen LogP contribution >= 0.6 is 12.4 Å². The lowest BCUT2D eigenvalue weighted by Gasteiger charge is -2.08. The zero-order valence-electron chi connectivity index (χ0n) is 9.73. The number of nitrogens with one attached hydrogen (secondary N) is 1. The summed E-state index contributed by atoms with van der Waals surface area (Å²) >= 11 is 0. The molecule has 0 radical (unpaired) electrons. The fourth-order valence-corrected chi connectivity index (χ4v) is 1.77. The minimum atomic E-state index is -0.113. The number of hydrogen-bond acceptors (Lipinski definition) is 3. The van der Waals surface area contributed by atoms with Crippen LogP contribution in [0.3, 0.4) is 0 Å². The Morgan fingerprint density at radius 2 is 2.35 bits per heavy atom. The molecule has 1 heterocycles. The average Bonchev–Trinajstić information content (AvgIpc) is 2.63. The van der Waals surface area contributed by atoms with Crippen molar-refractivity contribution in [2.75, 3.05) is 11.9 Å². The second kappa shape index (κ2) is 5.89. The van der Waals surface area contributed by atoms with Gasteiger partial charge >= 0.3 is 0 Å². The maximum Gasteiger partial charge on any atom is 0.225 e. The molecule has 4 nitrogen and oxygen atoms in total.